The Morgan fingerprint density at radius 1 is 1.24 bits per heavy atom. The SMILES string of the molecule is C[C@@H](OC(=O)Nc1c(-c2ccc(C(=O)O)c(Cl)n2)nnn1C)c1cccnc1Cl. The molecule has 0 spiro atoms. The number of ether oxygens (including phenoxy) is 1. The van der Waals surface area contributed by atoms with Crippen LogP contribution in [0.1, 0.15) is 28.9 Å². The van der Waals surface area contributed by atoms with E-state index in [1.807, 2.05) is 0 Å². The van der Waals surface area contributed by atoms with Crippen molar-refractivity contribution in [1.29, 1.82) is 0 Å². The Bertz CT molecular complexity index is 1090. The number of carbonyl (C=O) groups is 2. The van der Waals surface area contributed by atoms with E-state index in [0.717, 1.165) is 0 Å². The lowest BCUT2D eigenvalue weighted by molar-refractivity contribution is 0.0696. The predicted octanol–water partition coefficient (Wildman–Crippen LogP) is 3.59. The molecule has 0 saturated carbocycles. The van der Waals surface area contributed by atoms with Gasteiger partial charge in [-0.15, -0.1) is 5.10 Å². The zero-order chi connectivity index (χ0) is 21.1. The van der Waals surface area contributed by atoms with E-state index in [4.69, 9.17) is 33.0 Å². The van der Waals surface area contributed by atoms with E-state index in [9.17, 15) is 9.59 Å². The van der Waals surface area contributed by atoms with Crippen LogP contribution in [0.15, 0.2) is 30.5 Å². The van der Waals surface area contributed by atoms with Gasteiger partial charge in [0.25, 0.3) is 0 Å². The summed E-state index contributed by atoms with van der Waals surface area (Å²) in [5, 5.41) is 19.4. The molecule has 29 heavy (non-hydrogen) atoms. The second-order valence-corrected chi connectivity index (χ2v) is 6.52. The molecule has 0 aromatic carbocycles. The summed E-state index contributed by atoms with van der Waals surface area (Å²) in [5.74, 6) is -1.02. The average Bonchev–Trinajstić information content (AvgIpc) is 3.02. The van der Waals surface area contributed by atoms with Crippen molar-refractivity contribution in [1.82, 2.24) is 25.0 Å². The first-order valence-electron chi connectivity index (χ1n) is 8.16. The Hall–Kier alpha value is -3.24. The second-order valence-electron chi connectivity index (χ2n) is 5.81. The first-order valence-corrected chi connectivity index (χ1v) is 8.91. The first kappa shape index (κ1) is 20.5. The third-order valence-electron chi connectivity index (χ3n) is 3.88. The number of rotatable bonds is 5. The number of aromatic nitrogens is 5. The summed E-state index contributed by atoms with van der Waals surface area (Å²) in [4.78, 5) is 31.4. The van der Waals surface area contributed by atoms with Crippen molar-refractivity contribution in [3.05, 3.63) is 51.9 Å². The van der Waals surface area contributed by atoms with Crippen molar-refractivity contribution in [2.24, 2.45) is 7.05 Å². The number of amides is 1. The summed E-state index contributed by atoms with van der Waals surface area (Å²) in [5.41, 5.74) is 0.808. The van der Waals surface area contributed by atoms with E-state index in [1.54, 1.807) is 26.1 Å². The zero-order valence-electron chi connectivity index (χ0n) is 15.1. The highest BCUT2D eigenvalue weighted by molar-refractivity contribution is 6.32. The molecular formula is C17H14Cl2N6O4. The molecule has 0 aliphatic rings. The summed E-state index contributed by atoms with van der Waals surface area (Å²) in [7, 11) is 1.56. The van der Waals surface area contributed by atoms with Crippen molar-refractivity contribution >= 4 is 41.1 Å². The van der Waals surface area contributed by atoms with Crippen LogP contribution < -0.4 is 5.32 Å². The number of hydrogen-bond donors (Lipinski definition) is 2. The Morgan fingerprint density at radius 2 is 2.00 bits per heavy atom. The first-order chi connectivity index (χ1) is 13.8. The van der Waals surface area contributed by atoms with Gasteiger partial charge in [-0.1, -0.05) is 34.5 Å². The summed E-state index contributed by atoms with van der Waals surface area (Å²) >= 11 is 11.9. The van der Waals surface area contributed by atoms with Crippen molar-refractivity contribution in [2.45, 2.75) is 13.0 Å². The monoisotopic (exact) mass is 436 g/mol. The molecule has 3 aromatic heterocycles. The highest BCUT2D eigenvalue weighted by atomic mass is 35.5. The van der Waals surface area contributed by atoms with E-state index in [-0.39, 0.29) is 33.1 Å². The number of halogens is 2. The van der Waals surface area contributed by atoms with Gasteiger partial charge in [0.05, 0.1) is 11.3 Å². The molecule has 0 bridgehead atoms. The fraction of sp³-hybridized carbons (Fsp3) is 0.176. The lowest BCUT2D eigenvalue weighted by atomic mass is 10.2. The highest BCUT2D eigenvalue weighted by Crippen LogP contribution is 2.27. The Labute approximate surface area is 174 Å². The van der Waals surface area contributed by atoms with Crippen LogP contribution in [0.5, 0.6) is 0 Å². The molecule has 0 fully saturated rings. The van der Waals surface area contributed by atoms with Crippen LogP contribution in [0.25, 0.3) is 11.4 Å². The molecule has 0 radical (unpaired) electrons. The number of nitrogens with one attached hydrogen (secondary N) is 1. The van der Waals surface area contributed by atoms with Gasteiger partial charge in [-0.05, 0) is 25.1 Å². The molecule has 1 atom stereocenters. The molecular weight excluding hydrogens is 423 g/mol. The van der Waals surface area contributed by atoms with Gasteiger partial charge in [-0.25, -0.2) is 24.2 Å². The smallest absolute Gasteiger partial charge is 0.413 e. The standard InChI is InChI=1S/C17H14Cl2N6O4/c1-8(9-4-3-7-20-13(9)18)29-17(28)22-15-12(23-24-25(15)2)11-6-5-10(16(26)27)14(19)21-11/h3-8H,1-2H3,(H,22,28)(H,26,27)/t8-/m1/s1. The third-order valence-corrected chi connectivity index (χ3v) is 4.48. The second kappa shape index (κ2) is 8.41. The van der Waals surface area contributed by atoms with E-state index in [0.29, 0.717) is 5.56 Å². The van der Waals surface area contributed by atoms with E-state index < -0.39 is 18.2 Å². The molecule has 3 aromatic rings. The maximum atomic E-state index is 12.4. The van der Waals surface area contributed by atoms with E-state index in [2.05, 4.69) is 25.6 Å². The quantitative estimate of drug-likeness (QED) is 0.579. The minimum atomic E-state index is -1.21. The van der Waals surface area contributed by atoms with Gasteiger partial charge in [0.15, 0.2) is 11.5 Å². The molecule has 2 N–H and O–H groups in total. The molecule has 150 valence electrons. The van der Waals surface area contributed by atoms with Crippen LogP contribution in [-0.2, 0) is 11.8 Å². The molecule has 12 heteroatoms. The Balaban J connectivity index is 1.81. The molecule has 0 aliphatic heterocycles. The van der Waals surface area contributed by atoms with Gasteiger partial charge >= 0.3 is 12.1 Å². The van der Waals surface area contributed by atoms with Gasteiger partial charge in [0.1, 0.15) is 16.4 Å². The Morgan fingerprint density at radius 3 is 2.66 bits per heavy atom. The van der Waals surface area contributed by atoms with E-state index in [1.165, 1.54) is 23.0 Å². The van der Waals surface area contributed by atoms with Crippen LogP contribution in [0.4, 0.5) is 10.6 Å². The van der Waals surface area contributed by atoms with Crippen molar-refractivity contribution in [2.75, 3.05) is 5.32 Å². The number of carbonyl (C=O) groups excluding carboxylic acids is 1. The third kappa shape index (κ3) is 4.44. The largest absolute Gasteiger partial charge is 0.478 e. The lowest BCUT2D eigenvalue weighted by Crippen LogP contribution is -2.18. The van der Waals surface area contributed by atoms with Crippen molar-refractivity contribution < 1.29 is 19.4 Å². The average molecular weight is 437 g/mol. The van der Waals surface area contributed by atoms with Gasteiger partial charge in [-0.2, -0.15) is 0 Å². The van der Waals surface area contributed by atoms with Crippen molar-refractivity contribution in [3.63, 3.8) is 0 Å². The van der Waals surface area contributed by atoms with Crippen LogP contribution in [0.2, 0.25) is 10.3 Å². The number of aryl methyl sites for hydroxylation is 1. The summed E-state index contributed by atoms with van der Waals surface area (Å²) in [6.45, 7) is 1.65. The minimum Gasteiger partial charge on any atom is -0.478 e. The lowest BCUT2D eigenvalue weighted by Gasteiger charge is -2.15. The van der Waals surface area contributed by atoms with E-state index >= 15 is 0 Å². The number of aromatic carboxylic acids is 1. The maximum Gasteiger partial charge on any atom is 0.413 e. The zero-order valence-corrected chi connectivity index (χ0v) is 16.6. The summed E-state index contributed by atoms with van der Waals surface area (Å²) in [6, 6.07) is 6.07. The highest BCUT2D eigenvalue weighted by Gasteiger charge is 2.21. The topological polar surface area (TPSA) is 132 Å². The van der Waals surface area contributed by atoms with Crippen LogP contribution in [-0.4, -0.2) is 42.1 Å². The number of anilines is 1. The molecule has 0 saturated heterocycles. The van der Waals surface area contributed by atoms with Gasteiger partial charge < -0.3 is 9.84 Å². The number of nitrogens with zero attached hydrogens (tertiary/aromatic N) is 5. The molecule has 0 aliphatic carbocycles. The van der Waals surface area contributed by atoms with Crippen LogP contribution in [0, 0.1) is 0 Å². The fourth-order valence-electron chi connectivity index (χ4n) is 2.45. The molecule has 3 rings (SSSR count). The van der Waals surface area contributed by atoms with Gasteiger partial charge in [0, 0.05) is 18.8 Å². The van der Waals surface area contributed by atoms with Crippen molar-refractivity contribution in [3.8, 4) is 11.4 Å². The normalized spacial score (nSPS) is 11.7. The number of hydrogen-bond acceptors (Lipinski definition) is 7. The van der Waals surface area contributed by atoms with Gasteiger partial charge in [-0.3, -0.25) is 5.32 Å². The molecule has 10 nitrogen and oxygen atoms in total. The number of carboxylic acids is 1. The summed E-state index contributed by atoms with van der Waals surface area (Å²) < 4.78 is 6.65. The number of pyridine rings is 2. The predicted molar refractivity (Wildman–Crippen MR) is 104 cm³/mol. The molecule has 1 amide bonds. The number of carboxylic acid groups (broad SMARTS) is 1. The molecule has 0 unspecified atom stereocenters. The maximum absolute atomic E-state index is 12.4. The fourth-order valence-corrected chi connectivity index (χ4v) is 2.96. The summed E-state index contributed by atoms with van der Waals surface area (Å²) in [6.07, 6.45) is 0.0838. The minimum absolute atomic E-state index is 0.157. The van der Waals surface area contributed by atoms with Crippen LogP contribution >= 0.6 is 23.2 Å². The van der Waals surface area contributed by atoms with Gasteiger partial charge in [0.2, 0.25) is 0 Å². The molecule has 3 heterocycles. The Kier molecular flexibility index (Phi) is 5.95. The van der Waals surface area contributed by atoms with Crippen LogP contribution in [0.3, 0.4) is 0 Å².